The quantitative estimate of drug-likeness (QED) is 0.576. The van der Waals surface area contributed by atoms with Gasteiger partial charge in [0.25, 0.3) is 0 Å². The van der Waals surface area contributed by atoms with Gasteiger partial charge in [0.05, 0.1) is 10.6 Å². The van der Waals surface area contributed by atoms with Crippen LogP contribution in [0.5, 0.6) is 11.5 Å². The summed E-state index contributed by atoms with van der Waals surface area (Å²) in [7, 11) is 0. The van der Waals surface area contributed by atoms with Crippen LogP contribution < -0.4 is 9.47 Å². The lowest BCUT2D eigenvalue weighted by Crippen LogP contribution is -2.06. The van der Waals surface area contributed by atoms with Gasteiger partial charge in [0, 0.05) is 5.56 Å². The number of carbonyl (C=O) groups is 1. The van der Waals surface area contributed by atoms with Crippen molar-refractivity contribution < 1.29 is 27.4 Å². The van der Waals surface area contributed by atoms with Crippen molar-refractivity contribution >= 4 is 23.5 Å². The third-order valence-corrected chi connectivity index (χ3v) is 3.71. The average Bonchev–Trinajstić information content (AvgIpc) is 3.00. The minimum Gasteiger partial charge on any atom is -0.454 e. The zero-order chi connectivity index (χ0) is 17.3. The maximum absolute atomic E-state index is 12.8. The SMILES string of the molecule is O=C(/C=C/c1ccc(Cl)c(C(F)(F)F)c1)c1ccc2c(c1)OCO2. The summed E-state index contributed by atoms with van der Waals surface area (Å²) in [4.78, 5) is 12.1. The molecule has 0 saturated carbocycles. The van der Waals surface area contributed by atoms with Crippen molar-refractivity contribution in [3.05, 3.63) is 64.2 Å². The molecule has 0 aromatic heterocycles. The van der Waals surface area contributed by atoms with Crippen molar-refractivity contribution in [3.8, 4) is 11.5 Å². The number of alkyl halides is 3. The molecule has 0 bridgehead atoms. The molecule has 0 amide bonds. The zero-order valence-corrected chi connectivity index (χ0v) is 12.8. The summed E-state index contributed by atoms with van der Waals surface area (Å²) in [5.74, 6) is 0.639. The Bertz CT molecular complexity index is 828. The van der Waals surface area contributed by atoms with Crippen LogP contribution in [0.2, 0.25) is 5.02 Å². The smallest absolute Gasteiger partial charge is 0.417 e. The van der Waals surface area contributed by atoms with E-state index in [0.29, 0.717) is 17.1 Å². The molecule has 0 atom stereocenters. The van der Waals surface area contributed by atoms with Gasteiger partial charge in [0.2, 0.25) is 6.79 Å². The van der Waals surface area contributed by atoms with Gasteiger partial charge >= 0.3 is 6.18 Å². The van der Waals surface area contributed by atoms with Gasteiger partial charge in [-0.25, -0.2) is 0 Å². The highest BCUT2D eigenvalue weighted by Crippen LogP contribution is 2.35. The Kier molecular flexibility index (Phi) is 4.24. The van der Waals surface area contributed by atoms with E-state index in [1.54, 1.807) is 12.1 Å². The number of ketones is 1. The summed E-state index contributed by atoms with van der Waals surface area (Å²) >= 11 is 5.56. The highest BCUT2D eigenvalue weighted by molar-refractivity contribution is 6.31. The summed E-state index contributed by atoms with van der Waals surface area (Å²) in [5.41, 5.74) is -0.372. The van der Waals surface area contributed by atoms with Crippen molar-refractivity contribution in [2.45, 2.75) is 6.18 Å². The Hall–Kier alpha value is -2.47. The summed E-state index contributed by atoms with van der Waals surface area (Å²) in [6, 6.07) is 8.14. The summed E-state index contributed by atoms with van der Waals surface area (Å²) in [5, 5.41) is -0.387. The van der Waals surface area contributed by atoms with Crippen molar-refractivity contribution in [3.63, 3.8) is 0 Å². The maximum atomic E-state index is 12.8. The minimum atomic E-state index is -4.55. The molecule has 1 aliphatic heterocycles. The van der Waals surface area contributed by atoms with Crippen LogP contribution >= 0.6 is 11.6 Å². The van der Waals surface area contributed by atoms with Gasteiger partial charge in [0.1, 0.15) is 0 Å². The van der Waals surface area contributed by atoms with Crippen molar-refractivity contribution in [1.29, 1.82) is 0 Å². The fourth-order valence-corrected chi connectivity index (χ4v) is 2.41. The van der Waals surface area contributed by atoms with E-state index in [0.717, 1.165) is 12.1 Å². The molecule has 0 unspecified atom stereocenters. The van der Waals surface area contributed by atoms with Crippen LogP contribution in [-0.4, -0.2) is 12.6 Å². The molecule has 0 N–H and O–H groups in total. The molecule has 7 heteroatoms. The van der Waals surface area contributed by atoms with E-state index in [9.17, 15) is 18.0 Å². The van der Waals surface area contributed by atoms with Crippen molar-refractivity contribution in [2.75, 3.05) is 6.79 Å². The molecule has 24 heavy (non-hydrogen) atoms. The normalized spacial score (nSPS) is 13.5. The molecule has 3 rings (SSSR count). The van der Waals surface area contributed by atoms with Crippen LogP contribution in [0.4, 0.5) is 13.2 Å². The first-order valence-corrected chi connectivity index (χ1v) is 7.21. The van der Waals surface area contributed by atoms with Crippen molar-refractivity contribution in [1.82, 2.24) is 0 Å². The fraction of sp³-hybridized carbons (Fsp3) is 0.118. The van der Waals surface area contributed by atoms with Gasteiger partial charge < -0.3 is 9.47 Å². The van der Waals surface area contributed by atoms with Gasteiger partial charge in [-0.1, -0.05) is 23.7 Å². The number of hydrogen-bond acceptors (Lipinski definition) is 3. The highest BCUT2D eigenvalue weighted by Gasteiger charge is 2.33. The Morgan fingerprint density at radius 2 is 1.83 bits per heavy atom. The van der Waals surface area contributed by atoms with Crippen LogP contribution in [0.15, 0.2) is 42.5 Å². The van der Waals surface area contributed by atoms with Crippen molar-refractivity contribution in [2.24, 2.45) is 0 Å². The molecule has 1 aliphatic rings. The molecule has 3 nitrogen and oxygen atoms in total. The lowest BCUT2D eigenvalue weighted by atomic mass is 10.1. The first kappa shape index (κ1) is 16.4. The number of halogens is 4. The Balaban J connectivity index is 1.82. The van der Waals surface area contributed by atoms with E-state index >= 15 is 0 Å². The van der Waals surface area contributed by atoms with Gasteiger partial charge in [0.15, 0.2) is 17.3 Å². The van der Waals surface area contributed by atoms with Crippen LogP contribution in [0.3, 0.4) is 0 Å². The summed E-state index contributed by atoms with van der Waals surface area (Å²) in [6.07, 6.45) is -2.05. The first-order chi connectivity index (χ1) is 11.3. The average molecular weight is 355 g/mol. The second-order valence-electron chi connectivity index (χ2n) is 5.00. The predicted octanol–water partition coefficient (Wildman–Crippen LogP) is 4.98. The zero-order valence-electron chi connectivity index (χ0n) is 12.1. The number of benzene rings is 2. The Morgan fingerprint density at radius 1 is 1.08 bits per heavy atom. The van der Waals surface area contributed by atoms with Crippen LogP contribution in [0.25, 0.3) is 6.08 Å². The second kappa shape index (κ2) is 6.20. The van der Waals surface area contributed by atoms with E-state index in [1.807, 2.05) is 0 Å². The predicted molar refractivity (Wildman–Crippen MR) is 82.4 cm³/mol. The lowest BCUT2D eigenvalue weighted by molar-refractivity contribution is -0.137. The molecule has 0 radical (unpaired) electrons. The molecule has 0 fully saturated rings. The van der Waals surface area contributed by atoms with Gasteiger partial charge in [-0.2, -0.15) is 13.2 Å². The van der Waals surface area contributed by atoms with Gasteiger partial charge in [-0.05, 0) is 42.0 Å². The number of allylic oxidation sites excluding steroid dienone is 1. The van der Waals surface area contributed by atoms with E-state index in [2.05, 4.69) is 0 Å². The molecule has 1 heterocycles. The van der Waals surface area contributed by atoms with Gasteiger partial charge in [-0.15, -0.1) is 0 Å². The largest absolute Gasteiger partial charge is 0.454 e. The number of rotatable bonds is 3. The standard InChI is InChI=1S/C17H10ClF3O3/c18-13-4-1-10(7-12(13)17(19,20)21)2-5-14(22)11-3-6-15-16(8-11)24-9-23-15/h1-8H,9H2/b5-2+. The molecular weight excluding hydrogens is 345 g/mol. The number of hydrogen-bond donors (Lipinski definition) is 0. The monoisotopic (exact) mass is 354 g/mol. The molecule has 124 valence electrons. The second-order valence-corrected chi connectivity index (χ2v) is 5.41. The highest BCUT2D eigenvalue weighted by atomic mass is 35.5. The van der Waals surface area contributed by atoms with Gasteiger partial charge in [-0.3, -0.25) is 4.79 Å². The molecule has 0 saturated heterocycles. The maximum Gasteiger partial charge on any atom is 0.417 e. The van der Waals surface area contributed by atoms with Crippen LogP contribution in [-0.2, 0) is 6.18 Å². The van der Waals surface area contributed by atoms with Crippen LogP contribution in [0.1, 0.15) is 21.5 Å². The van der Waals surface area contributed by atoms with E-state index in [-0.39, 0.29) is 23.2 Å². The molecule has 2 aromatic rings. The Labute approximate surface area is 140 Å². The minimum absolute atomic E-state index is 0.0911. The molecule has 0 aliphatic carbocycles. The first-order valence-electron chi connectivity index (χ1n) is 6.83. The number of carbonyl (C=O) groups excluding carboxylic acids is 1. The summed E-state index contributed by atoms with van der Waals surface area (Å²) < 4.78 is 48.8. The van der Waals surface area contributed by atoms with Crippen LogP contribution in [0, 0.1) is 0 Å². The molecule has 2 aromatic carbocycles. The fourth-order valence-electron chi connectivity index (χ4n) is 2.18. The summed E-state index contributed by atoms with van der Waals surface area (Å²) in [6.45, 7) is 0.0911. The third-order valence-electron chi connectivity index (χ3n) is 3.38. The Morgan fingerprint density at radius 3 is 2.58 bits per heavy atom. The third kappa shape index (κ3) is 3.38. The van der Waals surface area contributed by atoms with E-state index in [4.69, 9.17) is 21.1 Å². The molecule has 0 spiro atoms. The lowest BCUT2D eigenvalue weighted by Gasteiger charge is -2.09. The van der Waals surface area contributed by atoms with E-state index in [1.165, 1.54) is 24.3 Å². The topological polar surface area (TPSA) is 35.5 Å². The number of fused-ring (bicyclic) bond motifs is 1. The number of ether oxygens (including phenoxy) is 2. The molecular formula is C17H10ClF3O3. The van der Waals surface area contributed by atoms with E-state index < -0.39 is 11.7 Å².